The largest absolute Gasteiger partial charge is 0.313 e. The van der Waals surface area contributed by atoms with Crippen LogP contribution in [-0.2, 0) is 0 Å². The normalized spacial score (nSPS) is 30.8. The molecule has 0 aliphatic carbocycles. The highest BCUT2D eigenvalue weighted by Crippen LogP contribution is 2.41. The third kappa shape index (κ3) is 1.73. The van der Waals surface area contributed by atoms with Crippen LogP contribution < -0.4 is 0 Å². The Balaban J connectivity index is 2.84. The second-order valence-corrected chi connectivity index (χ2v) is 7.08. The molecule has 0 unspecified atom stereocenters. The Kier molecular flexibility index (Phi) is 2.40. The second-order valence-electron chi connectivity index (χ2n) is 5.45. The van der Waals surface area contributed by atoms with E-state index in [4.69, 9.17) is 0 Å². The molecule has 1 saturated heterocycles. The van der Waals surface area contributed by atoms with E-state index in [1.165, 1.54) is 10.2 Å². The summed E-state index contributed by atoms with van der Waals surface area (Å²) in [6, 6.07) is 0. The lowest BCUT2D eigenvalue weighted by molar-refractivity contribution is -0.241. The summed E-state index contributed by atoms with van der Waals surface area (Å²) in [6.07, 6.45) is 2.28. The van der Waals surface area contributed by atoms with Crippen LogP contribution in [0.5, 0.6) is 0 Å². The summed E-state index contributed by atoms with van der Waals surface area (Å²) in [6.45, 7) is 8.50. The van der Waals surface area contributed by atoms with Crippen LogP contribution in [0.3, 0.4) is 0 Å². The van der Waals surface area contributed by atoms with E-state index in [0.717, 1.165) is 18.4 Å². The fraction of sp³-hybridized carbons (Fsp3) is 1.00. The van der Waals surface area contributed by atoms with Gasteiger partial charge in [0, 0.05) is 21.3 Å². The maximum absolute atomic E-state index is 9.93. The molecule has 12 heavy (non-hydrogen) atoms. The molecule has 0 atom stereocenters. The zero-order valence-electron chi connectivity index (χ0n) is 8.89. The summed E-state index contributed by atoms with van der Waals surface area (Å²) in [4.78, 5) is 0. The molecule has 1 aliphatic rings. The maximum Gasteiger partial charge on any atom is 0.0410 e. The van der Waals surface area contributed by atoms with Crippen molar-refractivity contribution in [3.63, 3.8) is 0 Å². The summed E-state index contributed by atoms with van der Waals surface area (Å²) >= 11 is 0. The van der Waals surface area contributed by atoms with Gasteiger partial charge in [-0.25, -0.2) is 0 Å². The predicted molar refractivity (Wildman–Crippen MR) is 54.7 cm³/mol. The minimum atomic E-state index is -0.0336. The Hall–Kier alpha value is 0.137. The van der Waals surface area contributed by atoms with Crippen LogP contribution in [0.4, 0.5) is 0 Å². The van der Waals surface area contributed by atoms with Gasteiger partial charge in [-0.15, -0.1) is 0 Å². The quantitative estimate of drug-likeness (QED) is 0.576. The topological polar surface area (TPSA) is 23.5 Å². The highest BCUT2D eigenvalue weighted by molar-refractivity contribution is 6.11. The van der Waals surface area contributed by atoms with Gasteiger partial charge in [-0.1, -0.05) is 5.54 Å². The summed E-state index contributed by atoms with van der Waals surface area (Å²) in [5.74, 6) is 0. The molecule has 1 N–H and O–H groups in total. The van der Waals surface area contributed by atoms with E-state index in [0.29, 0.717) is 0 Å². The monoisotopic (exact) mass is 187 g/mol. The molecule has 1 aliphatic heterocycles. The van der Waals surface area contributed by atoms with Crippen molar-refractivity contribution in [3.8, 4) is 0 Å². The molecule has 0 amide bonds. The Bertz CT molecular complexity index is 161. The first kappa shape index (κ1) is 10.2. The van der Waals surface area contributed by atoms with Crippen LogP contribution in [-0.4, -0.2) is 31.6 Å². The van der Waals surface area contributed by atoms with Crippen molar-refractivity contribution >= 4 is 10.2 Å². The van der Waals surface area contributed by atoms with Gasteiger partial charge in [0.05, 0.1) is 0 Å². The van der Waals surface area contributed by atoms with Crippen LogP contribution in [0.1, 0.15) is 40.5 Å². The van der Waals surface area contributed by atoms with Gasteiger partial charge < -0.3 is 5.21 Å². The number of hydrogen-bond donors (Lipinski definition) is 1. The molecular weight excluding hydrogens is 166 g/mol. The van der Waals surface area contributed by atoms with Crippen LogP contribution in [0.25, 0.3) is 0 Å². The van der Waals surface area contributed by atoms with Crippen molar-refractivity contribution in [2.24, 2.45) is 0 Å². The van der Waals surface area contributed by atoms with E-state index in [2.05, 4.69) is 27.7 Å². The first-order chi connectivity index (χ1) is 5.26. The van der Waals surface area contributed by atoms with E-state index in [1.54, 1.807) is 5.06 Å². The molecule has 3 heteroatoms. The van der Waals surface area contributed by atoms with Crippen molar-refractivity contribution in [2.75, 3.05) is 0 Å². The van der Waals surface area contributed by atoms with Crippen molar-refractivity contribution in [1.82, 2.24) is 5.06 Å². The predicted octanol–water partition coefficient (Wildman–Crippen LogP) is 1.18. The van der Waals surface area contributed by atoms with Gasteiger partial charge in [-0.05, 0) is 40.5 Å². The Morgan fingerprint density at radius 2 is 1.50 bits per heavy atom. The average Bonchev–Trinajstić information content (AvgIpc) is 1.80. The summed E-state index contributed by atoms with van der Waals surface area (Å²) < 4.78 is 0. The minimum Gasteiger partial charge on any atom is -0.313 e. The lowest BCUT2D eigenvalue weighted by Crippen LogP contribution is -2.57. The Labute approximate surface area is 78.3 Å². The number of hydrogen-bond acceptors (Lipinski definition) is 2. The maximum atomic E-state index is 9.93. The van der Waals surface area contributed by atoms with Crippen LogP contribution in [0.2, 0.25) is 5.54 Å². The number of rotatable bonds is 0. The van der Waals surface area contributed by atoms with E-state index in [1.807, 2.05) is 0 Å². The zero-order chi connectivity index (χ0) is 9.57. The molecule has 2 nitrogen and oxygen atoms in total. The first-order valence-corrected chi connectivity index (χ1v) is 5.90. The van der Waals surface area contributed by atoms with E-state index in [9.17, 15) is 5.21 Å². The lowest BCUT2D eigenvalue weighted by Gasteiger charge is -2.51. The SMILES string of the molecule is CC1(C)CC([SiH3])CC(C)(C)N1O. The molecule has 0 radical (unpaired) electrons. The number of piperidine rings is 1. The Morgan fingerprint density at radius 1 is 1.17 bits per heavy atom. The molecule has 0 bridgehead atoms. The van der Waals surface area contributed by atoms with Gasteiger partial charge in [0.25, 0.3) is 0 Å². The average molecular weight is 187 g/mol. The molecule has 1 rings (SSSR count). The molecule has 72 valence electrons. The zero-order valence-corrected chi connectivity index (χ0v) is 10.9. The smallest absolute Gasteiger partial charge is 0.0410 e. The van der Waals surface area contributed by atoms with Crippen molar-refractivity contribution in [1.29, 1.82) is 0 Å². The number of nitrogens with zero attached hydrogens (tertiary/aromatic N) is 1. The van der Waals surface area contributed by atoms with Crippen molar-refractivity contribution in [2.45, 2.75) is 57.2 Å². The van der Waals surface area contributed by atoms with Gasteiger partial charge in [0.15, 0.2) is 0 Å². The van der Waals surface area contributed by atoms with Crippen LogP contribution in [0, 0.1) is 0 Å². The lowest BCUT2D eigenvalue weighted by atomic mass is 9.82. The molecular formula is C9H21NOSi. The van der Waals surface area contributed by atoms with E-state index in [-0.39, 0.29) is 11.1 Å². The fourth-order valence-electron chi connectivity index (χ4n) is 2.77. The summed E-state index contributed by atoms with van der Waals surface area (Å²) in [7, 11) is 1.25. The fourth-order valence-corrected chi connectivity index (χ4v) is 4.77. The molecule has 0 saturated carbocycles. The molecule has 0 aromatic heterocycles. The molecule has 1 heterocycles. The molecule has 0 aromatic rings. The van der Waals surface area contributed by atoms with E-state index < -0.39 is 0 Å². The summed E-state index contributed by atoms with van der Waals surface area (Å²) in [5.41, 5.74) is 0.779. The standard InChI is InChI=1S/C9H21NOSi/c1-8(2)5-7(12)6-9(3,4)10(8)11/h7,11H,5-6H2,1-4,12H3. The van der Waals surface area contributed by atoms with Gasteiger partial charge >= 0.3 is 0 Å². The van der Waals surface area contributed by atoms with E-state index >= 15 is 0 Å². The highest BCUT2D eigenvalue weighted by Gasteiger charge is 2.43. The first-order valence-electron chi connectivity index (χ1n) is 4.75. The van der Waals surface area contributed by atoms with Gasteiger partial charge in [0.2, 0.25) is 0 Å². The molecule has 1 fully saturated rings. The second kappa shape index (κ2) is 2.82. The third-order valence-corrected chi connectivity index (χ3v) is 3.66. The van der Waals surface area contributed by atoms with Gasteiger partial charge in [-0.3, -0.25) is 0 Å². The van der Waals surface area contributed by atoms with Gasteiger partial charge in [-0.2, -0.15) is 5.06 Å². The third-order valence-electron chi connectivity index (χ3n) is 2.84. The highest BCUT2D eigenvalue weighted by atomic mass is 28.1. The van der Waals surface area contributed by atoms with Crippen molar-refractivity contribution in [3.05, 3.63) is 0 Å². The number of hydroxylamine groups is 2. The molecule has 0 aromatic carbocycles. The van der Waals surface area contributed by atoms with Crippen LogP contribution in [0.15, 0.2) is 0 Å². The van der Waals surface area contributed by atoms with Crippen molar-refractivity contribution < 1.29 is 5.21 Å². The minimum absolute atomic E-state index is 0.0336. The molecule has 0 spiro atoms. The van der Waals surface area contributed by atoms with Gasteiger partial charge in [0.1, 0.15) is 0 Å². The van der Waals surface area contributed by atoms with Crippen LogP contribution >= 0.6 is 0 Å². The summed E-state index contributed by atoms with van der Waals surface area (Å²) in [5, 5.41) is 11.5. The Morgan fingerprint density at radius 3 is 1.83 bits per heavy atom.